The fraction of sp³-hybridized carbons (Fsp3) is 0.812. The van der Waals surface area contributed by atoms with E-state index in [-0.39, 0.29) is 0 Å². The molecular weight excluding hydrogens is 266 g/mol. The van der Waals surface area contributed by atoms with Crippen molar-refractivity contribution < 1.29 is 0 Å². The van der Waals surface area contributed by atoms with Gasteiger partial charge in [-0.05, 0) is 38.5 Å². The number of thiazole rings is 1. The van der Waals surface area contributed by atoms with E-state index >= 15 is 0 Å². The van der Waals surface area contributed by atoms with Crippen LogP contribution in [0.15, 0.2) is 0 Å². The van der Waals surface area contributed by atoms with Gasteiger partial charge in [0.25, 0.3) is 0 Å². The molecule has 0 spiro atoms. The summed E-state index contributed by atoms with van der Waals surface area (Å²) >= 11 is 1.90. The molecule has 1 saturated heterocycles. The molecular formula is C16H29N3S. The number of rotatable bonds is 6. The highest BCUT2D eigenvalue weighted by molar-refractivity contribution is 7.15. The lowest BCUT2D eigenvalue weighted by Gasteiger charge is -2.30. The Morgan fingerprint density at radius 1 is 1.45 bits per heavy atom. The number of aromatic nitrogens is 1. The molecule has 1 aromatic rings. The molecule has 2 heterocycles. The van der Waals surface area contributed by atoms with E-state index in [4.69, 9.17) is 4.98 Å². The maximum absolute atomic E-state index is 4.90. The van der Waals surface area contributed by atoms with Crippen molar-refractivity contribution in [1.82, 2.24) is 10.3 Å². The lowest BCUT2D eigenvalue weighted by molar-refractivity contribution is 0.446. The normalized spacial score (nSPS) is 21.2. The minimum absolute atomic E-state index is 0.584. The number of nitrogens with one attached hydrogen (secondary N) is 1. The van der Waals surface area contributed by atoms with Crippen molar-refractivity contribution in [2.75, 3.05) is 18.0 Å². The SMILES string of the molecule is CCc1nc(N2CCCC(C)C2)sc1CNC(C)CC. The monoisotopic (exact) mass is 295 g/mol. The highest BCUT2D eigenvalue weighted by atomic mass is 32.1. The first-order valence-corrected chi connectivity index (χ1v) is 8.92. The zero-order chi connectivity index (χ0) is 14.5. The van der Waals surface area contributed by atoms with Gasteiger partial charge in [0.15, 0.2) is 5.13 Å². The van der Waals surface area contributed by atoms with Crippen LogP contribution in [0.4, 0.5) is 5.13 Å². The van der Waals surface area contributed by atoms with E-state index < -0.39 is 0 Å². The zero-order valence-corrected chi connectivity index (χ0v) is 14.2. The Morgan fingerprint density at radius 3 is 2.90 bits per heavy atom. The van der Waals surface area contributed by atoms with Gasteiger partial charge in [0.05, 0.1) is 5.69 Å². The molecule has 4 heteroatoms. The largest absolute Gasteiger partial charge is 0.348 e. The summed E-state index contributed by atoms with van der Waals surface area (Å²) in [6.07, 6.45) is 4.89. The molecule has 20 heavy (non-hydrogen) atoms. The molecule has 3 nitrogen and oxygen atoms in total. The van der Waals surface area contributed by atoms with E-state index in [1.807, 2.05) is 11.3 Å². The lowest BCUT2D eigenvalue weighted by atomic mass is 10.0. The molecule has 0 aliphatic carbocycles. The molecule has 1 fully saturated rings. The Bertz CT molecular complexity index is 416. The smallest absolute Gasteiger partial charge is 0.185 e. The van der Waals surface area contributed by atoms with E-state index in [0.29, 0.717) is 6.04 Å². The second-order valence-electron chi connectivity index (χ2n) is 6.10. The summed E-state index contributed by atoms with van der Waals surface area (Å²) in [4.78, 5) is 8.82. The molecule has 0 amide bonds. The molecule has 2 rings (SSSR count). The van der Waals surface area contributed by atoms with Gasteiger partial charge in [-0.2, -0.15) is 0 Å². The standard InChI is InChI=1S/C16H29N3S/c1-5-13(4)17-10-15-14(6-2)18-16(20-15)19-9-7-8-12(3)11-19/h12-13,17H,5-11H2,1-4H3. The summed E-state index contributed by atoms with van der Waals surface area (Å²) in [5.41, 5.74) is 1.29. The van der Waals surface area contributed by atoms with Crippen LogP contribution in [0.5, 0.6) is 0 Å². The molecule has 1 N–H and O–H groups in total. The topological polar surface area (TPSA) is 28.2 Å². The van der Waals surface area contributed by atoms with Gasteiger partial charge in [-0.3, -0.25) is 0 Å². The summed E-state index contributed by atoms with van der Waals surface area (Å²) in [5, 5.41) is 4.84. The third-order valence-electron chi connectivity index (χ3n) is 4.25. The number of aryl methyl sites for hydroxylation is 1. The Morgan fingerprint density at radius 2 is 2.25 bits per heavy atom. The van der Waals surface area contributed by atoms with Crippen molar-refractivity contribution in [3.8, 4) is 0 Å². The van der Waals surface area contributed by atoms with Crippen LogP contribution < -0.4 is 10.2 Å². The van der Waals surface area contributed by atoms with Gasteiger partial charge in [0, 0.05) is 30.6 Å². The second-order valence-corrected chi connectivity index (χ2v) is 7.17. The fourth-order valence-electron chi connectivity index (χ4n) is 2.69. The minimum atomic E-state index is 0.584. The highest BCUT2D eigenvalue weighted by Crippen LogP contribution is 2.30. The van der Waals surface area contributed by atoms with Gasteiger partial charge in [-0.1, -0.05) is 20.8 Å². The fourth-order valence-corrected chi connectivity index (χ4v) is 3.83. The Kier molecular flexibility index (Phi) is 5.85. The highest BCUT2D eigenvalue weighted by Gasteiger charge is 2.20. The van der Waals surface area contributed by atoms with Gasteiger partial charge in [-0.25, -0.2) is 4.98 Å². The number of hydrogen-bond donors (Lipinski definition) is 1. The Labute approximate surface area is 127 Å². The first-order valence-electron chi connectivity index (χ1n) is 8.10. The van der Waals surface area contributed by atoms with Crippen LogP contribution in [-0.2, 0) is 13.0 Å². The second kappa shape index (κ2) is 7.41. The molecule has 0 saturated carbocycles. The first kappa shape index (κ1) is 15.8. The van der Waals surface area contributed by atoms with Crippen molar-refractivity contribution in [2.24, 2.45) is 5.92 Å². The van der Waals surface area contributed by atoms with E-state index in [1.54, 1.807) is 0 Å². The van der Waals surface area contributed by atoms with E-state index in [0.717, 1.165) is 18.9 Å². The van der Waals surface area contributed by atoms with Crippen molar-refractivity contribution >= 4 is 16.5 Å². The summed E-state index contributed by atoms with van der Waals surface area (Å²) in [6, 6.07) is 0.584. The summed E-state index contributed by atoms with van der Waals surface area (Å²) in [5.74, 6) is 0.805. The van der Waals surface area contributed by atoms with E-state index in [9.17, 15) is 0 Å². The third kappa shape index (κ3) is 3.95. The lowest BCUT2D eigenvalue weighted by Crippen LogP contribution is -2.34. The molecule has 2 atom stereocenters. The van der Waals surface area contributed by atoms with Crippen LogP contribution in [0.25, 0.3) is 0 Å². The van der Waals surface area contributed by atoms with Crippen LogP contribution in [0.1, 0.15) is 57.5 Å². The Balaban J connectivity index is 2.05. The quantitative estimate of drug-likeness (QED) is 0.864. The number of anilines is 1. The number of nitrogens with zero attached hydrogens (tertiary/aromatic N) is 2. The van der Waals surface area contributed by atoms with Crippen LogP contribution in [0.2, 0.25) is 0 Å². The van der Waals surface area contributed by atoms with Crippen LogP contribution >= 0.6 is 11.3 Å². The van der Waals surface area contributed by atoms with E-state index in [2.05, 4.69) is 37.9 Å². The molecule has 1 aliphatic heterocycles. The number of hydrogen-bond acceptors (Lipinski definition) is 4. The first-order chi connectivity index (χ1) is 9.63. The average Bonchev–Trinajstić information content (AvgIpc) is 2.88. The summed E-state index contributed by atoms with van der Waals surface area (Å²) < 4.78 is 0. The van der Waals surface area contributed by atoms with Crippen LogP contribution in [-0.4, -0.2) is 24.1 Å². The average molecular weight is 295 g/mol. The minimum Gasteiger partial charge on any atom is -0.348 e. The maximum atomic E-state index is 4.90. The molecule has 0 aromatic carbocycles. The molecule has 0 bridgehead atoms. The van der Waals surface area contributed by atoms with Crippen molar-refractivity contribution in [3.05, 3.63) is 10.6 Å². The third-order valence-corrected chi connectivity index (χ3v) is 5.41. The molecule has 1 aliphatic rings. The number of piperidine rings is 1. The van der Waals surface area contributed by atoms with Crippen molar-refractivity contribution in [3.63, 3.8) is 0 Å². The van der Waals surface area contributed by atoms with Crippen LogP contribution in [0, 0.1) is 5.92 Å². The van der Waals surface area contributed by atoms with Gasteiger partial charge < -0.3 is 10.2 Å². The summed E-state index contributed by atoms with van der Waals surface area (Å²) in [7, 11) is 0. The maximum Gasteiger partial charge on any atom is 0.185 e. The van der Waals surface area contributed by atoms with Gasteiger partial charge in [-0.15, -0.1) is 11.3 Å². The van der Waals surface area contributed by atoms with Gasteiger partial charge >= 0.3 is 0 Å². The molecule has 1 aromatic heterocycles. The predicted molar refractivity (Wildman–Crippen MR) is 88.7 cm³/mol. The zero-order valence-electron chi connectivity index (χ0n) is 13.4. The van der Waals surface area contributed by atoms with Crippen molar-refractivity contribution in [1.29, 1.82) is 0 Å². The van der Waals surface area contributed by atoms with Gasteiger partial charge in [0.2, 0.25) is 0 Å². The van der Waals surface area contributed by atoms with Crippen LogP contribution in [0.3, 0.4) is 0 Å². The molecule has 114 valence electrons. The van der Waals surface area contributed by atoms with Gasteiger partial charge in [0.1, 0.15) is 0 Å². The molecule has 0 radical (unpaired) electrons. The predicted octanol–water partition coefficient (Wildman–Crippen LogP) is 3.83. The Hall–Kier alpha value is -0.610. The van der Waals surface area contributed by atoms with Crippen molar-refractivity contribution in [2.45, 2.75) is 66.0 Å². The van der Waals surface area contributed by atoms with E-state index in [1.165, 1.54) is 48.1 Å². The summed E-state index contributed by atoms with van der Waals surface area (Å²) in [6.45, 7) is 12.4. The molecule has 2 unspecified atom stereocenters.